The molecule has 0 aromatic heterocycles. The molecular weight excluding hydrogens is 1530 g/mol. The zero-order chi connectivity index (χ0) is 86.5. The van der Waals surface area contributed by atoms with Crippen LogP contribution in [0, 0.1) is 0 Å². The molecule has 119 heavy (non-hydrogen) atoms. The van der Waals surface area contributed by atoms with Crippen LogP contribution >= 0.6 is 15.6 Å². The number of aliphatic hydroxyl groups is 2. The number of phosphoric acid groups is 2. The lowest BCUT2D eigenvalue weighted by Crippen LogP contribution is -2.30. The Bertz CT molecular complexity index is 2890. The average Bonchev–Trinajstić information content (AvgIpc) is 0.899. The molecule has 0 saturated carbocycles. The van der Waals surface area contributed by atoms with Crippen LogP contribution in [0.4, 0.5) is 0 Å². The number of carbonyl (C=O) groups excluding carboxylic acids is 3. The van der Waals surface area contributed by atoms with Crippen LogP contribution in [-0.2, 0) is 55.8 Å². The van der Waals surface area contributed by atoms with Crippen LogP contribution in [0.15, 0.2) is 182 Å². The molecule has 0 saturated heterocycles. The minimum atomic E-state index is -4.96. The summed E-state index contributed by atoms with van der Waals surface area (Å²) in [5.74, 6) is -1.64. The summed E-state index contributed by atoms with van der Waals surface area (Å²) in [5.41, 5.74) is 0. The van der Waals surface area contributed by atoms with Crippen molar-refractivity contribution in [1.82, 2.24) is 0 Å². The quantitative estimate of drug-likeness (QED) is 0.0146. The van der Waals surface area contributed by atoms with Gasteiger partial charge in [-0.15, -0.1) is 0 Å². The number of rotatable bonds is 88. The van der Waals surface area contributed by atoms with Crippen LogP contribution in [0.3, 0.4) is 0 Å². The van der Waals surface area contributed by atoms with E-state index in [2.05, 4.69) is 191 Å². The summed E-state index contributed by atoms with van der Waals surface area (Å²) >= 11 is 0. The number of hydrogen-bond donors (Lipinski definition) is 4. The molecular formula is C101H170O16P2. The second-order valence-electron chi connectivity index (χ2n) is 31.0. The van der Waals surface area contributed by atoms with E-state index in [1.807, 2.05) is 12.2 Å². The fourth-order valence-corrected chi connectivity index (χ4v) is 14.2. The molecule has 0 spiro atoms. The maximum absolute atomic E-state index is 13.0. The van der Waals surface area contributed by atoms with Gasteiger partial charge >= 0.3 is 33.6 Å². The van der Waals surface area contributed by atoms with Crippen molar-refractivity contribution in [2.45, 2.75) is 399 Å². The second kappa shape index (κ2) is 91.8. The Labute approximate surface area is 725 Å². The first-order valence-electron chi connectivity index (χ1n) is 47.1. The number of ether oxygens (including phenoxy) is 3. The molecule has 0 heterocycles. The smallest absolute Gasteiger partial charge is 0.463 e. The van der Waals surface area contributed by atoms with E-state index in [1.165, 1.54) is 173 Å². The van der Waals surface area contributed by atoms with Crippen molar-refractivity contribution >= 4 is 33.6 Å². The normalized spacial score (nSPS) is 14.6. The summed E-state index contributed by atoms with van der Waals surface area (Å²) < 4.78 is 61.4. The third kappa shape index (κ3) is 93.2. The van der Waals surface area contributed by atoms with E-state index >= 15 is 0 Å². The Morgan fingerprint density at radius 3 is 0.689 bits per heavy atom. The zero-order valence-corrected chi connectivity index (χ0v) is 76.8. The molecule has 0 aliphatic carbocycles. The monoisotopic (exact) mass is 1700 g/mol. The topological polar surface area (TPSA) is 231 Å². The summed E-state index contributed by atoms with van der Waals surface area (Å²) in [6.45, 7) is 2.31. The maximum atomic E-state index is 13.0. The highest BCUT2D eigenvalue weighted by atomic mass is 31.2. The highest BCUT2D eigenvalue weighted by Gasteiger charge is 2.29. The van der Waals surface area contributed by atoms with Gasteiger partial charge in [-0.3, -0.25) is 32.5 Å². The number of esters is 3. The molecule has 680 valence electrons. The second-order valence-corrected chi connectivity index (χ2v) is 33.9. The van der Waals surface area contributed by atoms with E-state index in [9.17, 15) is 43.5 Å². The molecule has 5 unspecified atom stereocenters. The van der Waals surface area contributed by atoms with E-state index in [0.29, 0.717) is 25.7 Å². The molecule has 0 aromatic rings. The van der Waals surface area contributed by atoms with Gasteiger partial charge in [-0.2, -0.15) is 0 Å². The summed E-state index contributed by atoms with van der Waals surface area (Å²) in [4.78, 5) is 58.9. The largest absolute Gasteiger partial charge is 0.472 e. The Morgan fingerprint density at radius 1 is 0.235 bits per heavy atom. The predicted octanol–water partition coefficient (Wildman–Crippen LogP) is 29.2. The third-order valence-electron chi connectivity index (χ3n) is 19.6. The van der Waals surface area contributed by atoms with E-state index in [1.54, 1.807) is 0 Å². The van der Waals surface area contributed by atoms with E-state index in [4.69, 9.17) is 32.3 Å². The molecule has 5 atom stereocenters. The van der Waals surface area contributed by atoms with E-state index < -0.39 is 91.5 Å². The van der Waals surface area contributed by atoms with Gasteiger partial charge in [0.25, 0.3) is 0 Å². The number of aliphatic hydroxyl groups excluding tert-OH is 2. The number of carbonyl (C=O) groups is 3. The van der Waals surface area contributed by atoms with Gasteiger partial charge in [-0.1, -0.05) is 396 Å². The van der Waals surface area contributed by atoms with Gasteiger partial charge in [0.2, 0.25) is 0 Å². The van der Waals surface area contributed by atoms with Gasteiger partial charge < -0.3 is 34.2 Å². The molecule has 0 aliphatic heterocycles. The minimum absolute atomic E-state index is 0.0232. The zero-order valence-electron chi connectivity index (χ0n) is 75.0. The van der Waals surface area contributed by atoms with Crippen LogP contribution in [0.2, 0.25) is 0 Å². The van der Waals surface area contributed by atoms with Crippen LogP contribution < -0.4 is 0 Å². The first kappa shape index (κ1) is 114. The van der Waals surface area contributed by atoms with Gasteiger partial charge in [0.05, 0.1) is 26.4 Å². The molecule has 0 radical (unpaired) electrons. The van der Waals surface area contributed by atoms with Crippen molar-refractivity contribution in [3.8, 4) is 0 Å². The summed E-state index contributed by atoms with van der Waals surface area (Å²) in [7, 11) is -9.83. The number of phosphoric ester groups is 2. The molecule has 18 heteroatoms. The van der Waals surface area contributed by atoms with Crippen molar-refractivity contribution < 1.29 is 75.8 Å². The molecule has 0 amide bonds. The molecule has 0 aromatic carbocycles. The Balaban J connectivity index is 4.50. The third-order valence-corrected chi connectivity index (χ3v) is 21.5. The van der Waals surface area contributed by atoms with Crippen LogP contribution in [-0.4, -0.2) is 95.9 Å². The van der Waals surface area contributed by atoms with Crippen molar-refractivity contribution in [2.24, 2.45) is 0 Å². The lowest BCUT2D eigenvalue weighted by atomic mass is 10.0. The minimum Gasteiger partial charge on any atom is -0.463 e. The number of unbranched alkanes of at least 4 members (excludes halogenated alkanes) is 35. The average molecular weight is 1700 g/mol. The molecule has 4 N–H and O–H groups in total. The summed E-state index contributed by atoms with van der Waals surface area (Å²) in [6, 6.07) is 0. The van der Waals surface area contributed by atoms with Crippen molar-refractivity contribution in [3.05, 3.63) is 182 Å². The highest BCUT2D eigenvalue weighted by molar-refractivity contribution is 7.47. The van der Waals surface area contributed by atoms with E-state index in [-0.39, 0.29) is 19.3 Å². The highest BCUT2D eigenvalue weighted by Crippen LogP contribution is 2.45. The van der Waals surface area contributed by atoms with Crippen molar-refractivity contribution in [2.75, 3.05) is 39.6 Å². The molecule has 0 fully saturated rings. The lowest BCUT2D eigenvalue weighted by molar-refractivity contribution is -0.161. The number of allylic oxidation sites excluding steroid dienone is 30. The standard InChI is InChI=1S/C101H170O16P2/c1-4-7-10-13-16-19-22-25-28-31-33-35-37-39-41-43-45-47-49-51-53-55-57-59-61-64-66-69-72-75-78-81-84-87-99(104)111-90-96(102)91-113-118(107,108)114-92-97(103)93-115-119(109,110)116-95-98(117-101(106)89-86-83-80-77-74-71-68-63-30-27-24-21-18-15-12-9-6-3)94-112-100(105)88-85-82-79-76-73-70-67-65-62-60-58-56-54-52-50-48-46-44-42-40-38-36-34-32-29-26-23-20-17-14-11-8-5-2/h7-12,16-21,25-30,33-36,39-42,68,71,77,80,96-98,102-103H,4-6,13-15,22-24,31-32,37-38,43-67,69-70,72-76,78-79,81-95H2,1-3H3,(H,107,108)(H,109,110)/b10-7-,11-8-,12-9-,19-16-,20-17-,21-18-,28-25-,29-26-,30-27-,35-33-,36-34-,41-39-,42-40-,71-68-,80-77-. The Morgan fingerprint density at radius 2 is 0.429 bits per heavy atom. The van der Waals surface area contributed by atoms with Gasteiger partial charge in [0.1, 0.15) is 25.4 Å². The number of hydrogen-bond acceptors (Lipinski definition) is 14. The fourth-order valence-electron chi connectivity index (χ4n) is 12.6. The summed E-state index contributed by atoms with van der Waals surface area (Å²) in [5, 5.41) is 20.7. The molecule has 0 aliphatic rings. The van der Waals surface area contributed by atoms with Gasteiger partial charge in [0, 0.05) is 19.3 Å². The SMILES string of the molecule is CC/C=C\C/C=C\C/C=C\C/C=C\C/C=C\CCCCCCCCCCCCCCCCCCCC(=O)OCC(O)COP(=O)(O)OCC(O)COP(=O)(O)OCC(COC(=O)CCCCCCCCCCCCCCCCCCC/C=C\C/C=C\C/C=C\C/C=C\C/C=C\CC)OC(=O)CCC/C=C\C/C=C\C/C=C\C/C=C\C/C=C\CC. The summed E-state index contributed by atoms with van der Waals surface area (Å²) in [6.07, 6.45) is 121. The van der Waals surface area contributed by atoms with Gasteiger partial charge in [-0.25, -0.2) is 9.13 Å². The predicted molar refractivity (Wildman–Crippen MR) is 500 cm³/mol. The molecule has 0 bridgehead atoms. The lowest BCUT2D eigenvalue weighted by Gasteiger charge is -2.21. The molecule has 0 rings (SSSR count). The van der Waals surface area contributed by atoms with Gasteiger partial charge in [0.15, 0.2) is 6.10 Å². The van der Waals surface area contributed by atoms with Crippen molar-refractivity contribution in [3.63, 3.8) is 0 Å². The fraction of sp³-hybridized carbons (Fsp3) is 0.673. The van der Waals surface area contributed by atoms with Crippen LogP contribution in [0.25, 0.3) is 0 Å². The molecule has 16 nitrogen and oxygen atoms in total. The van der Waals surface area contributed by atoms with Gasteiger partial charge in [-0.05, 0) is 148 Å². The first-order chi connectivity index (χ1) is 58.2. The first-order valence-corrected chi connectivity index (χ1v) is 50.1. The van der Waals surface area contributed by atoms with Crippen molar-refractivity contribution in [1.29, 1.82) is 0 Å². The Hall–Kier alpha value is -5.35. The maximum Gasteiger partial charge on any atom is 0.472 e. The van der Waals surface area contributed by atoms with Crippen LogP contribution in [0.5, 0.6) is 0 Å². The van der Waals surface area contributed by atoms with E-state index in [0.717, 1.165) is 141 Å². The van der Waals surface area contributed by atoms with Crippen LogP contribution in [0.1, 0.15) is 380 Å². The Kier molecular flexibility index (Phi) is 87.7.